The van der Waals surface area contributed by atoms with Gasteiger partial charge in [-0.25, -0.2) is 5.84 Å². The van der Waals surface area contributed by atoms with E-state index in [1.807, 2.05) is 20.8 Å². The summed E-state index contributed by atoms with van der Waals surface area (Å²) in [6, 6.07) is 0. The SMILES string of the molecule is CC(C)(C)/C(N)=C/N(N)C(C)(C)CC(=O)O. The Kier molecular flexibility index (Phi) is 4.37. The van der Waals surface area contributed by atoms with Gasteiger partial charge in [-0.15, -0.1) is 0 Å². The number of nitrogens with two attached hydrogens (primary N) is 2. The molecule has 0 amide bonds. The molecule has 0 spiro atoms. The van der Waals surface area contributed by atoms with Crippen LogP contribution in [0.2, 0.25) is 0 Å². The van der Waals surface area contributed by atoms with Gasteiger partial charge < -0.3 is 15.8 Å². The number of hydrogen-bond donors (Lipinski definition) is 3. The highest BCUT2D eigenvalue weighted by atomic mass is 16.4. The molecule has 5 nitrogen and oxygen atoms in total. The minimum atomic E-state index is -0.886. The van der Waals surface area contributed by atoms with Crippen LogP contribution in [0.4, 0.5) is 0 Å². The van der Waals surface area contributed by atoms with Gasteiger partial charge in [-0.2, -0.15) is 0 Å². The van der Waals surface area contributed by atoms with E-state index >= 15 is 0 Å². The molecule has 0 saturated carbocycles. The molecule has 0 saturated heterocycles. The van der Waals surface area contributed by atoms with Crippen LogP contribution in [0.5, 0.6) is 0 Å². The molecule has 0 bridgehead atoms. The third kappa shape index (κ3) is 4.53. The first-order valence-corrected chi connectivity index (χ1v) is 5.20. The van der Waals surface area contributed by atoms with Crippen LogP contribution < -0.4 is 11.6 Å². The van der Waals surface area contributed by atoms with E-state index < -0.39 is 11.5 Å². The molecule has 0 rings (SSSR count). The molecule has 5 heteroatoms. The number of hydrazine groups is 1. The summed E-state index contributed by atoms with van der Waals surface area (Å²) in [5, 5.41) is 10.1. The van der Waals surface area contributed by atoms with Crippen molar-refractivity contribution >= 4 is 5.97 Å². The topological polar surface area (TPSA) is 92.6 Å². The molecule has 0 aliphatic carbocycles. The lowest BCUT2D eigenvalue weighted by atomic mass is 9.92. The van der Waals surface area contributed by atoms with Crippen molar-refractivity contribution < 1.29 is 9.90 Å². The zero-order chi connectivity index (χ0) is 13.1. The van der Waals surface area contributed by atoms with Crippen molar-refractivity contribution in [3.8, 4) is 0 Å². The lowest BCUT2D eigenvalue weighted by Gasteiger charge is -2.34. The fourth-order valence-electron chi connectivity index (χ4n) is 0.980. The fourth-order valence-corrected chi connectivity index (χ4v) is 0.980. The highest BCUT2D eigenvalue weighted by molar-refractivity contribution is 5.68. The second-order valence-electron chi connectivity index (χ2n) is 5.62. The van der Waals surface area contributed by atoms with Crippen molar-refractivity contribution in [3.63, 3.8) is 0 Å². The van der Waals surface area contributed by atoms with Gasteiger partial charge >= 0.3 is 5.97 Å². The van der Waals surface area contributed by atoms with Gasteiger partial charge in [0.15, 0.2) is 0 Å². The Balaban J connectivity index is 4.81. The highest BCUT2D eigenvalue weighted by Crippen LogP contribution is 2.23. The fraction of sp³-hybridized carbons (Fsp3) is 0.727. The first-order valence-electron chi connectivity index (χ1n) is 5.20. The summed E-state index contributed by atoms with van der Waals surface area (Å²) < 4.78 is 0. The lowest BCUT2D eigenvalue weighted by molar-refractivity contribution is -0.139. The number of allylic oxidation sites excluding steroid dienone is 1. The van der Waals surface area contributed by atoms with Crippen LogP contribution in [0.25, 0.3) is 0 Å². The van der Waals surface area contributed by atoms with Gasteiger partial charge in [-0.05, 0) is 13.8 Å². The maximum Gasteiger partial charge on any atom is 0.305 e. The van der Waals surface area contributed by atoms with Crippen LogP contribution in [0.1, 0.15) is 41.0 Å². The standard InChI is InChI=1S/C11H23N3O2/c1-10(2,3)8(12)7-14(13)11(4,5)6-9(15)16/h7H,6,12-13H2,1-5H3,(H,15,16)/b8-7-. The van der Waals surface area contributed by atoms with Crippen LogP contribution in [0, 0.1) is 5.41 Å². The molecule has 0 atom stereocenters. The molecule has 94 valence electrons. The number of carbonyl (C=O) groups is 1. The van der Waals surface area contributed by atoms with E-state index in [0.29, 0.717) is 5.70 Å². The minimum Gasteiger partial charge on any atom is -0.481 e. The van der Waals surface area contributed by atoms with Crippen molar-refractivity contribution in [3.05, 3.63) is 11.9 Å². The Hall–Kier alpha value is -1.23. The molecule has 0 unspecified atom stereocenters. The Morgan fingerprint density at radius 1 is 1.31 bits per heavy atom. The summed E-state index contributed by atoms with van der Waals surface area (Å²) in [4.78, 5) is 10.7. The highest BCUT2D eigenvalue weighted by Gasteiger charge is 2.27. The summed E-state index contributed by atoms with van der Waals surface area (Å²) in [6.07, 6.45) is 1.56. The molecule has 0 aromatic heterocycles. The van der Waals surface area contributed by atoms with Gasteiger partial charge in [0.05, 0.1) is 12.0 Å². The van der Waals surface area contributed by atoms with Crippen LogP contribution >= 0.6 is 0 Å². The number of carboxylic acid groups (broad SMARTS) is 1. The van der Waals surface area contributed by atoms with Gasteiger partial charge in [-0.1, -0.05) is 20.8 Å². The predicted octanol–water partition coefficient (Wildman–Crippen LogP) is 1.26. The molecule has 5 N–H and O–H groups in total. The number of nitrogens with zero attached hydrogens (tertiary/aromatic N) is 1. The zero-order valence-electron chi connectivity index (χ0n) is 10.7. The van der Waals surface area contributed by atoms with E-state index in [0.717, 1.165) is 0 Å². The van der Waals surface area contributed by atoms with Crippen LogP contribution in [0.15, 0.2) is 11.9 Å². The number of rotatable bonds is 4. The first-order chi connectivity index (χ1) is 6.97. The summed E-state index contributed by atoms with van der Waals surface area (Å²) in [5.41, 5.74) is 5.64. The summed E-state index contributed by atoms with van der Waals surface area (Å²) in [6.45, 7) is 9.42. The van der Waals surface area contributed by atoms with Gasteiger partial charge in [0, 0.05) is 17.3 Å². The third-order valence-corrected chi connectivity index (χ3v) is 2.43. The zero-order valence-corrected chi connectivity index (χ0v) is 10.7. The first kappa shape index (κ1) is 14.8. The van der Waals surface area contributed by atoms with Gasteiger partial charge in [-0.3, -0.25) is 4.79 Å². The molecular weight excluding hydrogens is 206 g/mol. The Labute approximate surface area is 97.1 Å². The average Bonchev–Trinajstić information content (AvgIpc) is 1.99. The molecule has 0 aromatic carbocycles. The van der Waals surface area contributed by atoms with Crippen LogP contribution in [-0.2, 0) is 4.79 Å². The molecule has 0 aliphatic rings. The van der Waals surface area contributed by atoms with E-state index in [4.69, 9.17) is 16.7 Å². The summed E-state index contributed by atoms with van der Waals surface area (Å²) in [5.74, 6) is 4.93. The molecule has 16 heavy (non-hydrogen) atoms. The monoisotopic (exact) mass is 229 g/mol. The van der Waals surface area contributed by atoms with Gasteiger partial charge in [0.2, 0.25) is 0 Å². The van der Waals surface area contributed by atoms with Crippen molar-refractivity contribution in [2.24, 2.45) is 17.0 Å². The predicted molar refractivity (Wildman–Crippen MR) is 64.1 cm³/mol. The van der Waals surface area contributed by atoms with Crippen molar-refractivity contribution in [2.45, 2.75) is 46.6 Å². The molecule has 0 aromatic rings. The van der Waals surface area contributed by atoms with Crippen molar-refractivity contribution in [1.29, 1.82) is 0 Å². The molecule has 0 heterocycles. The van der Waals surface area contributed by atoms with E-state index in [1.54, 1.807) is 20.0 Å². The Bertz CT molecular complexity index is 290. The van der Waals surface area contributed by atoms with Crippen molar-refractivity contribution in [2.75, 3.05) is 0 Å². The quantitative estimate of drug-likeness (QED) is 0.498. The normalized spacial score (nSPS) is 13.8. The Morgan fingerprint density at radius 2 is 1.75 bits per heavy atom. The smallest absolute Gasteiger partial charge is 0.305 e. The molecular formula is C11H23N3O2. The molecule has 0 fully saturated rings. The largest absolute Gasteiger partial charge is 0.481 e. The lowest BCUT2D eigenvalue weighted by Crippen LogP contribution is -2.47. The average molecular weight is 229 g/mol. The number of carboxylic acids is 1. The number of aliphatic carboxylic acids is 1. The maximum absolute atomic E-state index is 10.7. The minimum absolute atomic E-state index is 0.0442. The van der Waals surface area contributed by atoms with E-state index in [1.165, 1.54) is 5.01 Å². The molecule has 0 aliphatic heterocycles. The van der Waals surface area contributed by atoms with E-state index in [9.17, 15) is 4.79 Å². The van der Waals surface area contributed by atoms with E-state index in [2.05, 4.69) is 0 Å². The second kappa shape index (κ2) is 4.74. The van der Waals surface area contributed by atoms with Crippen LogP contribution in [-0.4, -0.2) is 21.6 Å². The Morgan fingerprint density at radius 3 is 2.06 bits per heavy atom. The van der Waals surface area contributed by atoms with Gasteiger partial charge in [0.1, 0.15) is 0 Å². The third-order valence-electron chi connectivity index (χ3n) is 2.43. The van der Waals surface area contributed by atoms with Crippen molar-refractivity contribution in [1.82, 2.24) is 5.01 Å². The van der Waals surface area contributed by atoms with Gasteiger partial charge in [0.25, 0.3) is 0 Å². The number of hydrogen-bond acceptors (Lipinski definition) is 4. The van der Waals surface area contributed by atoms with Crippen LogP contribution in [0.3, 0.4) is 0 Å². The second-order valence-corrected chi connectivity index (χ2v) is 5.62. The summed E-state index contributed by atoms with van der Waals surface area (Å²) in [7, 11) is 0. The van der Waals surface area contributed by atoms with E-state index in [-0.39, 0.29) is 11.8 Å². The maximum atomic E-state index is 10.7. The summed E-state index contributed by atoms with van der Waals surface area (Å²) >= 11 is 0. The molecule has 0 radical (unpaired) electrons.